The van der Waals surface area contributed by atoms with Gasteiger partial charge in [-0.15, -0.1) is 0 Å². The van der Waals surface area contributed by atoms with Crippen LogP contribution in [-0.2, 0) is 4.79 Å². The smallest absolute Gasteiger partial charge is 0.147 e. The van der Waals surface area contributed by atoms with Gasteiger partial charge in [0.25, 0.3) is 0 Å². The number of hydrogen-bond donors (Lipinski definition) is 0. The molecule has 2 aromatic carbocycles. The summed E-state index contributed by atoms with van der Waals surface area (Å²) in [6.45, 7) is 7.76. The summed E-state index contributed by atoms with van der Waals surface area (Å²) < 4.78 is 1.63. The Bertz CT molecular complexity index is 690. The Morgan fingerprint density at radius 3 is 1.46 bits per heavy atom. The van der Waals surface area contributed by atoms with Crippen LogP contribution in [-0.4, -0.2) is 5.78 Å². The maximum atomic E-state index is 13.0. The van der Waals surface area contributed by atoms with E-state index in [0.717, 1.165) is 31.2 Å². The molecule has 1 nitrogen and oxygen atoms in total. The van der Waals surface area contributed by atoms with Crippen molar-refractivity contribution in [1.29, 1.82) is 0 Å². The Morgan fingerprint density at radius 2 is 1.17 bits per heavy atom. The zero-order chi connectivity index (χ0) is 18.2. The van der Waals surface area contributed by atoms with Crippen molar-refractivity contribution >= 4 is 60.8 Å². The Hall–Kier alpha value is -0.350. The predicted molar refractivity (Wildman–Crippen MR) is 110 cm³/mol. The lowest BCUT2D eigenvalue weighted by Crippen LogP contribution is -2.17. The largest absolute Gasteiger partial charge is 0.298 e. The third kappa shape index (κ3) is 4.07. The summed E-state index contributed by atoms with van der Waals surface area (Å²) in [4.78, 5) is 13.0. The van der Waals surface area contributed by atoms with Gasteiger partial charge in [-0.2, -0.15) is 0 Å². The van der Waals surface area contributed by atoms with Crippen molar-refractivity contribution in [3.8, 4) is 0 Å². The van der Waals surface area contributed by atoms with E-state index in [9.17, 15) is 4.79 Å². The van der Waals surface area contributed by atoms with E-state index in [0.29, 0.717) is 10.0 Å². The van der Waals surface area contributed by atoms with Gasteiger partial charge in [0.1, 0.15) is 5.78 Å². The predicted octanol–water partition coefficient (Wildman–Crippen LogP) is 7.61. The number of halogens is 4. The second kappa shape index (κ2) is 7.90. The van der Waals surface area contributed by atoms with Gasteiger partial charge < -0.3 is 0 Å². The van der Waals surface area contributed by atoms with Crippen LogP contribution in [0.5, 0.6) is 0 Å². The summed E-state index contributed by atoms with van der Waals surface area (Å²) in [5.41, 5.74) is 3.84. The van der Waals surface area contributed by atoms with Crippen LogP contribution in [0.4, 0.5) is 0 Å². The van der Waals surface area contributed by atoms with Crippen LogP contribution in [0.1, 0.15) is 47.9 Å². The first-order valence-electron chi connectivity index (χ1n) is 7.58. The first kappa shape index (κ1) is 20.0. The topological polar surface area (TPSA) is 17.1 Å². The van der Waals surface area contributed by atoms with E-state index in [1.54, 1.807) is 0 Å². The number of benzene rings is 2. The van der Waals surface area contributed by atoms with Crippen molar-refractivity contribution in [1.82, 2.24) is 0 Å². The molecule has 0 N–H and O–H groups in total. The second-order valence-corrected chi connectivity index (χ2v) is 8.58. The van der Waals surface area contributed by atoms with E-state index >= 15 is 0 Å². The molecule has 0 spiro atoms. The Kier molecular flexibility index (Phi) is 6.58. The summed E-state index contributed by atoms with van der Waals surface area (Å²) >= 11 is 19.3. The van der Waals surface area contributed by atoms with Gasteiger partial charge >= 0.3 is 0 Å². The maximum Gasteiger partial charge on any atom is 0.147 e. The quantitative estimate of drug-likeness (QED) is 0.429. The van der Waals surface area contributed by atoms with Crippen molar-refractivity contribution in [2.45, 2.75) is 39.5 Å². The molecule has 2 atom stereocenters. The molecule has 0 fully saturated rings. The molecule has 0 aromatic heterocycles. The minimum atomic E-state index is -0.220. The van der Waals surface area contributed by atoms with Crippen LogP contribution in [0.25, 0.3) is 0 Å². The van der Waals surface area contributed by atoms with E-state index in [2.05, 4.69) is 31.9 Å². The fraction of sp³-hybridized carbons (Fsp3) is 0.316. The number of ketones is 1. The lowest BCUT2D eigenvalue weighted by Gasteiger charge is -2.19. The average molecular weight is 493 g/mol. The monoisotopic (exact) mass is 490 g/mol. The fourth-order valence-corrected chi connectivity index (χ4v) is 4.08. The lowest BCUT2D eigenvalue weighted by molar-refractivity contribution is -0.121. The van der Waals surface area contributed by atoms with E-state index < -0.39 is 0 Å². The molecule has 0 heterocycles. The molecule has 2 unspecified atom stereocenters. The molecule has 0 bridgehead atoms. The van der Waals surface area contributed by atoms with E-state index in [1.165, 1.54) is 0 Å². The van der Waals surface area contributed by atoms with Crippen molar-refractivity contribution in [3.63, 3.8) is 0 Å². The molecule has 0 aliphatic carbocycles. The van der Waals surface area contributed by atoms with Crippen LogP contribution in [0.15, 0.2) is 33.2 Å². The van der Waals surface area contributed by atoms with E-state index in [4.69, 9.17) is 23.2 Å². The van der Waals surface area contributed by atoms with E-state index in [-0.39, 0.29) is 17.6 Å². The van der Waals surface area contributed by atoms with Gasteiger partial charge in [0, 0.05) is 20.8 Å². The molecule has 0 aliphatic rings. The third-order valence-electron chi connectivity index (χ3n) is 4.32. The summed E-state index contributed by atoms with van der Waals surface area (Å²) in [6, 6.07) is 7.80. The Balaban J connectivity index is 2.34. The van der Waals surface area contributed by atoms with Gasteiger partial charge in [0.2, 0.25) is 0 Å². The number of carbonyl (C=O) groups excluding carboxylic acids is 1. The highest BCUT2D eigenvalue weighted by Crippen LogP contribution is 2.35. The minimum absolute atomic E-state index is 0.164. The molecule has 0 radical (unpaired) electrons. The summed E-state index contributed by atoms with van der Waals surface area (Å²) in [6.07, 6.45) is 0. The van der Waals surface area contributed by atoms with Crippen molar-refractivity contribution in [3.05, 3.63) is 65.5 Å². The molecule has 0 saturated carbocycles. The lowest BCUT2D eigenvalue weighted by atomic mass is 9.85. The van der Waals surface area contributed by atoms with Crippen molar-refractivity contribution in [2.24, 2.45) is 0 Å². The molecule has 128 valence electrons. The van der Waals surface area contributed by atoms with Crippen LogP contribution >= 0.6 is 55.1 Å². The van der Waals surface area contributed by atoms with Gasteiger partial charge in [-0.3, -0.25) is 4.79 Å². The third-order valence-corrected chi connectivity index (χ3v) is 7.03. The summed E-state index contributed by atoms with van der Waals surface area (Å²) in [5.74, 6) is -0.277. The Morgan fingerprint density at radius 1 is 0.833 bits per heavy atom. The highest BCUT2D eigenvalue weighted by Gasteiger charge is 2.24. The van der Waals surface area contributed by atoms with Crippen molar-refractivity contribution in [2.75, 3.05) is 0 Å². The molecular weight excluding hydrogens is 475 g/mol. The molecular formula is C19H18Br2Cl2O. The van der Waals surface area contributed by atoms with Crippen molar-refractivity contribution < 1.29 is 4.79 Å². The average Bonchev–Trinajstić information content (AvgIpc) is 2.54. The van der Waals surface area contributed by atoms with Crippen LogP contribution in [0, 0.1) is 13.8 Å². The summed E-state index contributed by atoms with van der Waals surface area (Å²) in [7, 11) is 0. The number of hydrogen-bond acceptors (Lipinski definition) is 1. The SMILES string of the molecule is Cc1cc(C(C)C(=O)C(C)c2cc(C)c(Cl)c(Br)c2)cc(Br)c1Cl. The van der Waals surface area contributed by atoms with Gasteiger partial charge in [-0.1, -0.05) is 49.2 Å². The Labute approximate surface area is 170 Å². The van der Waals surface area contributed by atoms with E-state index in [1.807, 2.05) is 52.0 Å². The first-order valence-corrected chi connectivity index (χ1v) is 9.92. The molecule has 0 saturated heterocycles. The normalized spacial score (nSPS) is 13.7. The molecule has 5 heteroatoms. The van der Waals surface area contributed by atoms with Gasteiger partial charge in [-0.25, -0.2) is 0 Å². The number of carbonyl (C=O) groups is 1. The summed E-state index contributed by atoms with van der Waals surface area (Å²) in [5, 5.41) is 1.37. The van der Waals surface area contributed by atoms with Gasteiger partial charge in [-0.05, 0) is 80.1 Å². The second-order valence-electron chi connectivity index (χ2n) is 6.11. The number of aryl methyl sites for hydroxylation is 2. The van der Waals surface area contributed by atoms with Crippen LogP contribution < -0.4 is 0 Å². The molecule has 2 aromatic rings. The highest BCUT2D eigenvalue weighted by molar-refractivity contribution is 9.10. The molecule has 0 amide bonds. The highest BCUT2D eigenvalue weighted by atomic mass is 79.9. The zero-order valence-electron chi connectivity index (χ0n) is 13.9. The fourth-order valence-electron chi connectivity index (χ4n) is 2.71. The molecule has 2 rings (SSSR count). The van der Waals surface area contributed by atoms with Gasteiger partial charge in [0.15, 0.2) is 0 Å². The number of Topliss-reactive ketones (excluding diaryl/α,β-unsaturated/α-hetero) is 1. The molecule has 24 heavy (non-hydrogen) atoms. The zero-order valence-corrected chi connectivity index (χ0v) is 18.6. The number of rotatable bonds is 4. The maximum absolute atomic E-state index is 13.0. The van der Waals surface area contributed by atoms with Gasteiger partial charge in [0.05, 0.1) is 10.0 Å². The molecule has 0 aliphatic heterocycles. The van der Waals surface area contributed by atoms with Crippen LogP contribution in [0.3, 0.4) is 0 Å². The standard InChI is InChI=1S/C19H18Br2Cl2O/c1-9-5-13(7-15(20)17(9)22)11(3)19(24)12(4)14-6-10(2)18(23)16(21)8-14/h5-8,11-12H,1-4H3. The first-order chi connectivity index (χ1) is 11.1. The van der Waals surface area contributed by atoms with Crippen LogP contribution in [0.2, 0.25) is 10.0 Å². The minimum Gasteiger partial charge on any atom is -0.298 e.